The molecule has 0 bridgehead atoms. The van der Waals surface area contributed by atoms with E-state index in [1.165, 1.54) is 19.2 Å². The minimum absolute atomic E-state index is 0.155. The monoisotopic (exact) mass is 287 g/mol. The molecule has 1 atom stereocenters. The smallest absolute Gasteiger partial charge is 0.240 e. The lowest BCUT2D eigenvalue weighted by atomic mass is 10.2. The number of hydrogen-bond acceptors (Lipinski definition) is 5. The molecule has 19 heavy (non-hydrogen) atoms. The summed E-state index contributed by atoms with van der Waals surface area (Å²) in [5, 5.41) is 3.22. The molecule has 7 heteroatoms. The van der Waals surface area contributed by atoms with Gasteiger partial charge in [0.15, 0.2) is 0 Å². The van der Waals surface area contributed by atoms with E-state index in [9.17, 15) is 8.42 Å². The van der Waals surface area contributed by atoms with Gasteiger partial charge in [0.1, 0.15) is 0 Å². The van der Waals surface area contributed by atoms with Gasteiger partial charge in [-0.1, -0.05) is 0 Å². The van der Waals surface area contributed by atoms with Crippen molar-refractivity contribution in [3.8, 4) is 0 Å². The molecule has 0 aliphatic heterocycles. The zero-order valence-corrected chi connectivity index (χ0v) is 12.3. The first-order valence-corrected chi connectivity index (χ1v) is 7.47. The van der Waals surface area contributed by atoms with E-state index in [1.807, 2.05) is 6.92 Å². The molecule has 0 aliphatic rings. The maximum atomic E-state index is 11.6. The predicted molar refractivity (Wildman–Crippen MR) is 76.7 cm³/mol. The fourth-order valence-electron chi connectivity index (χ4n) is 1.59. The standard InChI is InChI=1S/C12H21N3O3S/c1-9(6-7-18-3)15-12-5-4-10(8-11(12)13)19(16,17)14-2/h4-5,8-9,14-15H,6-7,13H2,1-3H3. The van der Waals surface area contributed by atoms with Gasteiger partial charge in [0.2, 0.25) is 10.0 Å². The van der Waals surface area contributed by atoms with Gasteiger partial charge < -0.3 is 15.8 Å². The Morgan fingerprint density at radius 3 is 2.63 bits per heavy atom. The van der Waals surface area contributed by atoms with Crippen LogP contribution in [0.3, 0.4) is 0 Å². The summed E-state index contributed by atoms with van der Waals surface area (Å²) >= 11 is 0. The van der Waals surface area contributed by atoms with E-state index >= 15 is 0 Å². The summed E-state index contributed by atoms with van der Waals surface area (Å²) in [5.41, 5.74) is 6.99. The van der Waals surface area contributed by atoms with E-state index in [2.05, 4.69) is 10.0 Å². The second-order valence-electron chi connectivity index (χ2n) is 4.28. The van der Waals surface area contributed by atoms with E-state index in [4.69, 9.17) is 10.5 Å². The van der Waals surface area contributed by atoms with Crippen LogP contribution in [-0.2, 0) is 14.8 Å². The minimum Gasteiger partial charge on any atom is -0.397 e. The molecule has 0 heterocycles. The summed E-state index contributed by atoms with van der Waals surface area (Å²) in [7, 11) is -0.441. The lowest BCUT2D eigenvalue weighted by molar-refractivity contribution is 0.191. The van der Waals surface area contributed by atoms with Gasteiger partial charge in [-0.2, -0.15) is 0 Å². The summed E-state index contributed by atoms with van der Waals surface area (Å²) in [4.78, 5) is 0.155. The average Bonchev–Trinajstić information content (AvgIpc) is 2.38. The Bertz CT molecular complexity index is 517. The summed E-state index contributed by atoms with van der Waals surface area (Å²) in [6, 6.07) is 4.82. The molecular weight excluding hydrogens is 266 g/mol. The van der Waals surface area contributed by atoms with Crippen molar-refractivity contribution in [2.45, 2.75) is 24.3 Å². The molecule has 4 N–H and O–H groups in total. The molecule has 1 rings (SSSR count). The van der Waals surface area contributed by atoms with Crippen LogP contribution in [-0.4, -0.2) is 35.2 Å². The van der Waals surface area contributed by atoms with Crippen molar-refractivity contribution in [1.29, 1.82) is 0 Å². The third-order valence-corrected chi connectivity index (χ3v) is 4.17. The highest BCUT2D eigenvalue weighted by Gasteiger charge is 2.13. The Hall–Kier alpha value is -1.31. The third kappa shape index (κ3) is 4.38. The van der Waals surface area contributed by atoms with Crippen LogP contribution in [0.2, 0.25) is 0 Å². The largest absolute Gasteiger partial charge is 0.397 e. The summed E-state index contributed by atoms with van der Waals surface area (Å²) in [5.74, 6) is 0. The number of hydrogen-bond donors (Lipinski definition) is 3. The Balaban J connectivity index is 2.84. The number of benzene rings is 1. The molecule has 0 amide bonds. The van der Waals surface area contributed by atoms with Crippen molar-refractivity contribution in [3.63, 3.8) is 0 Å². The zero-order chi connectivity index (χ0) is 14.5. The number of methoxy groups -OCH3 is 1. The normalized spacial score (nSPS) is 13.2. The van der Waals surface area contributed by atoms with Crippen molar-refractivity contribution in [3.05, 3.63) is 18.2 Å². The molecule has 1 aromatic carbocycles. The molecule has 0 saturated heterocycles. The Labute approximate surface area is 114 Å². The van der Waals surface area contributed by atoms with Gasteiger partial charge >= 0.3 is 0 Å². The first kappa shape index (κ1) is 15.7. The molecule has 0 saturated carbocycles. The summed E-state index contributed by atoms with van der Waals surface area (Å²) in [6.45, 7) is 2.66. The van der Waals surface area contributed by atoms with E-state index in [0.717, 1.165) is 12.1 Å². The van der Waals surface area contributed by atoms with Crippen molar-refractivity contribution in [2.24, 2.45) is 0 Å². The summed E-state index contributed by atoms with van der Waals surface area (Å²) < 4.78 is 30.5. The Morgan fingerprint density at radius 2 is 2.11 bits per heavy atom. The van der Waals surface area contributed by atoms with Crippen molar-refractivity contribution in [2.75, 3.05) is 31.8 Å². The van der Waals surface area contributed by atoms with E-state index < -0.39 is 10.0 Å². The third-order valence-electron chi connectivity index (χ3n) is 2.76. The van der Waals surface area contributed by atoms with E-state index in [-0.39, 0.29) is 10.9 Å². The van der Waals surface area contributed by atoms with Crippen LogP contribution < -0.4 is 15.8 Å². The molecule has 1 unspecified atom stereocenters. The summed E-state index contributed by atoms with van der Waals surface area (Å²) in [6.07, 6.45) is 0.840. The molecule has 0 spiro atoms. The first-order chi connectivity index (χ1) is 8.90. The van der Waals surface area contributed by atoms with Gasteiger partial charge in [-0.25, -0.2) is 13.1 Å². The Morgan fingerprint density at radius 1 is 1.42 bits per heavy atom. The van der Waals surface area contributed by atoms with Gasteiger partial charge in [0.05, 0.1) is 16.3 Å². The average molecular weight is 287 g/mol. The molecule has 0 radical (unpaired) electrons. The van der Waals surface area contributed by atoms with Crippen molar-refractivity contribution in [1.82, 2.24) is 4.72 Å². The van der Waals surface area contributed by atoms with Gasteiger partial charge in [0, 0.05) is 19.8 Å². The molecule has 108 valence electrons. The van der Waals surface area contributed by atoms with Crippen LogP contribution >= 0.6 is 0 Å². The topological polar surface area (TPSA) is 93.5 Å². The van der Waals surface area contributed by atoms with Crippen LogP contribution in [0.1, 0.15) is 13.3 Å². The predicted octanol–water partition coefficient (Wildman–Crippen LogP) is 1.01. The number of nitrogens with two attached hydrogens (primary N) is 1. The molecule has 1 aromatic rings. The van der Waals surface area contributed by atoms with Crippen LogP contribution in [0, 0.1) is 0 Å². The van der Waals surface area contributed by atoms with Gasteiger partial charge in [-0.05, 0) is 38.6 Å². The molecule has 0 aliphatic carbocycles. The lowest BCUT2D eigenvalue weighted by Crippen LogP contribution is -2.20. The SMILES string of the molecule is CNS(=O)(=O)c1ccc(NC(C)CCOC)c(N)c1. The second-order valence-corrected chi connectivity index (χ2v) is 6.17. The zero-order valence-electron chi connectivity index (χ0n) is 11.4. The molecular formula is C12H21N3O3S. The molecule has 6 nitrogen and oxygen atoms in total. The molecule has 0 aromatic heterocycles. The van der Waals surface area contributed by atoms with Gasteiger partial charge in [0.25, 0.3) is 0 Å². The highest BCUT2D eigenvalue weighted by Crippen LogP contribution is 2.23. The van der Waals surface area contributed by atoms with Gasteiger partial charge in [-0.15, -0.1) is 0 Å². The fourth-order valence-corrected chi connectivity index (χ4v) is 2.35. The number of anilines is 2. The van der Waals surface area contributed by atoms with Crippen molar-refractivity contribution < 1.29 is 13.2 Å². The second kappa shape index (κ2) is 6.74. The number of ether oxygens (including phenoxy) is 1. The maximum absolute atomic E-state index is 11.6. The highest BCUT2D eigenvalue weighted by atomic mass is 32.2. The van der Waals surface area contributed by atoms with Crippen LogP contribution in [0.15, 0.2) is 23.1 Å². The number of sulfonamides is 1. The highest BCUT2D eigenvalue weighted by molar-refractivity contribution is 7.89. The minimum atomic E-state index is -3.46. The van der Waals surface area contributed by atoms with Crippen LogP contribution in [0.25, 0.3) is 0 Å². The fraction of sp³-hybridized carbons (Fsp3) is 0.500. The van der Waals surface area contributed by atoms with Crippen LogP contribution in [0.5, 0.6) is 0 Å². The number of nitrogens with one attached hydrogen (secondary N) is 2. The van der Waals surface area contributed by atoms with Crippen LogP contribution in [0.4, 0.5) is 11.4 Å². The number of rotatable bonds is 7. The molecule has 0 fully saturated rings. The van der Waals surface area contributed by atoms with E-state index in [0.29, 0.717) is 12.3 Å². The van der Waals surface area contributed by atoms with Crippen molar-refractivity contribution >= 4 is 21.4 Å². The maximum Gasteiger partial charge on any atom is 0.240 e. The Kier molecular flexibility index (Phi) is 5.59. The number of nitrogen functional groups attached to an aromatic ring is 1. The first-order valence-electron chi connectivity index (χ1n) is 5.99. The van der Waals surface area contributed by atoms with E-state index in [1.54, 1.807) is 13.2 Å². The lowest BCUT2D eigenvalue weighted by Gasteiger charge is -2.17. The van der Waals surface area contributed by atoms with Gasteiger partial charge in [-0.3, -0.25) is 0 Å². The quantitative estimate of drug-likeness (QED) is 0.651.